The van der Waals surface area contributed by atoms with E-state index in [9.17, 15) is 9.90 Å². The van der Waals surface area contributed by atoms with Crippen LogP contribution < -0.4 is 5.32 Å². The minimum Gasteiger partial charge on any atom is -0.393 e. The molecule has 1 aliphatic rings. The molecular formula is C15H24N2O3S. The van der Waals surface area contributed by atoms with Gasteiger partial charge in [0.1, 0.15) is 0 Å². The predicted octanol–water partition coefficient (Wildman–Crippen LogP) is 1.86. The van der Waals surface area contributed by atoms with Gasteiger partial charge in [-0.3, -0.25) is 0 Å². The number of nitrogens with zero attached hydrogens (tertiary/aromatic N) is 1. The van der Waals surface area contributed by atoms with Crippen LogP contribution in [0.4, 0.5) is 4.79 Å². The van der Waals surface area contributed by atoms with Crippen molar-refractivity contribution in [1.29, 1.82) is 0 Å². The van der Waals surface area contributed by atoms with Crippen LogP contribution in [0.15, 0.2) is 17.5 Å². The largest absolute Gasteiger partial charge is 0.393 e. The molecule has 118 valence electrons. The molecule has 0 aliphatic carbocycles. The Kier molecular flexibility index (Phi) is 6.48. The Balaban J connectivity index is 1.72. The lowest BCUT2D eigenvalue weighted by Crippen LogP contribution is -2.53. The number of aryl methyl sites for hydroxylation is 1. The number of rotatable bonds is 6. The molecule has 2 rings (SSSR count). The van der Waals surface area contributed by atoms with Crippen LogP contribution in [-0.2, 0) is 11.2 Å². The highest BCUT2D eigenvalue weighted by Gasteiger charge is 2.27. The van der Waals surface area contributed by atoms with Gasteiger partial charge in [0.2, 0.25) is 0 Å². The molecule has 2 atom stereocenters. The molecule has 2 amide bonds. The molecule has 2 N–H and O–H groups in total. The van der Waals surface area contributed by atoms with Crippen molar-refractivity contribution in [3.63, 3.8) is 0 Å². The summed E-state index contributed by atoms with van der Waals surface area (Å²) >= 11 is 1.75. The number of nitrogens with one attached hydrogen (secondary N) is 1. The number of aliphatic hydroxyl groups excluding tert-OH is 1. The lowest BCUT2D eigenvalue weighted by molar-refractivity contribution is -0.00428. The Morgan fingerprint density at radius 1 is 1.67 bits per heavy atom. The molecule has 1 aliphatic heterocycles. The van der Waals surface area contributed by atoms with Gasteiger partial charge in [0.05, 0.1) is 25.4 Å². The maximum atomic E-state index is 12.2. The van der Waals surface area contributed by atoms with Gasteiger partial charge in [-0.15, -0.1) is 11.3 Å². The van der Waals surface area contributed by atoms with Gasteiger partial charge in [0.15, 0.2) is 0 Å². The van der Waals surface area contributed by atoms with Crippen LogP contribution >= 0.6 is 11.3 Å². The van der Waals surface area contributed by atoms with Crippen molar-refractivity contribution in [1.82, 2.24) is 10.2 Å². The fourth-order valence-corrected chi connectivity index (χ4v) is 3.28. The summed E-state index contributed by atoms with van der Waals surface area (Å²) in [5, 5.41) is 14.6. The molecule has 2 heterocycles. The second kappa shape index (κ2) is 8.36. The normalized spacial score (nSPS) is 20.3. The van der Waals surface area contributed by atoms with Crippen LogP contribution in [-0.4, -0.2) is 54.5 Å². The number of amides is 2. The van der Waals surface area contributed by atoms with Crippen molar-refractivity contribution < 1.29 is 14.6 Å². The average Bonchev–Trinajstić information content (AvgIpc) is 2.96. The van der Waals surface area contributed by atoms with E-state index in [4.69, 9.17) is 4.74 Å². The highest BCUT2D eigenvalue weighted by molar-refractivity contribution is 7.09. The minimum absolute atomic E-state index is 0.0314. The van der Waals surface area contributed by atoms with E-state index in [1.54, 1.807) is 23.2 Å². The maximum Gasteiger partial charge on any atom is 0.317 e. The van der Waals surface area contributed by atoms with E-state index >= 15 is 0 Å². The third-order valence-electron chi connectivity index (χ3n) is 3.56. The lowest BCUT2D eigenvalue weighted by atomic mass is 10.1. The molecule has 0 bridgehead atoms. The number of carbonyl (C=O) groups excluding carboxylic acids is 1. The number of carbonyl (C=O) groups is 1. The first-order valence-corrected chi connectivity index (χ1v) is 8.37. The zero-order valence-corrected chi connectivity index (χ0v) is 13.3. The molecule has 1 aromatic rings. The third kappa shape index (κ3) is 5.30. The zero-order chi connectivity index (χ0) is 15.1. The SMILES string of the molecule is C[C@H](O)C[C@@H]1COCCN1C(=O)NCCCc1cccs1. The molecule has 6 heteroatoms. The highest BCUT2D eigenvalue weighted by Crippen LogP contribution is 2.13. The van der Waals surface area contributed by atoms with E-state index in [2.05, 4.69) is 16.8 Å². The van der Waals surface area contributed by atoms with Gasteiger partial charge in [-0.05, 0) is 37.6 Å². The fourth-order valence-electron chi connectivity index (χ4n) is 2.53. The number of aliphatic hydroxyl groups is 1. The van der Waals surface area contributed by atoms with Crippen LogP contribution in [0.2, 0.25) is 0 Å². The summed E-state index contributed by atoms with van der Waals surface area (Å²) in [5.41, 5.74) is 0. The molecular weight excluding hydrogens is 288 g/mol. The molecule has 1 fully saturated rings. The lowest BCUT2D eigenvalue weighted by Gasteiger charge is -2.36. The van der Waals surface area contributed by atoms with Crippen molar-refractivity contribution >= 4 is 17.4 Å². The summed E-state index contributed by atoms with van der Waals surface area (Å²) in [6.45, 7) is 4.09. The maximum absolute atomic E-state index is 12.2. The molecule has 1 aromatic heterocycles. The number of ether oxygens (including phenoxy) is 1. The van der Waals surface area contributed by atoms with Gasteiger partial charge in [-0.25, -0.2) is 4.79 Å². The van der Waals surface area contributed by atoms with E-state index in [1.165, 1.54) is 4.88 Å². The number of hydrogen-bond acceptors (Lipinski definition) is 4. The van der Waals surface area contributed by atoms with Gasteiger partial charge in [0, 0.05) is 18.0 Å². The molecule has 5 nitrogen and oxygen atoms in total. The number of thiophene rings is 1. The highest BCUT2D eigenvalue weighted by atomic mass is 32.1. The minimum atomic E-state index is -0.425. The van der Waals surface area contributed by atoms with E-state index < -0.39 is 6.10 Å². The summed E-state index contributed by atoms with van der Waals surface area (Å²) < 4.78 is 5.41. The van der Waals surface area contributed by atoms with Gasteiger partial charge >= 0.3 is 6.03 Å². The summed E-state index contributed by atoms with van der Waals surface area (Å²) in [6.07, 6.45) is 2.07. The van der Waals surface area contributed by atoms with Gasteiger partial charge in [-0.1, -0.05) is 6.07 Å². The number of morpholine rings is 1. The second-order valence-corrected chi connectivity index (χ2v) is 6.45. The Labute approximate surface area is 129 Å². The Hall–Kier alpha value is -1.11. The first-order valence-electron chi connectivity index (χ1n) is 7.49. The zero-order valence-electron chi connectivity index (χ0n) is 12.5. The van der Waals surface area contributed by atoms with Crippen LogP contribution in [0.3, 0.4) is 0 Å². The average molecular weight is 312 g/mol. The Morgan fingerprint density at radius 2 is 2.52 bits per heavy atom. The second-order valence-electron chi connectivity index (χ2n) is 5.42. The monoisotopic (exact) mass is 312 g/mol. The third-order valence-corrected chi connectivity index (χ3v) is 4.49. The van der Waals surface area contributed by atoms with Gasteiger partial charge in [0.25, 0.3) is 0 Å². The number of hydrogen-bond donors (Lipinski definition) is 2. The molecule has 0 unspecified atom stereocenters. The van der Waals surface area contributed by atoms with Crippen molar-refractivity contribution in [2.24, 2.45) is 0 Å². The molecule has 21 heavy (non-hydrogen) atoms. The van der Waals surface area contributed by atoms with E-state index in [-0.39, 0.29) is 12.1 Å². The van der Waals surface area contributed by atoms with E-state index in [1.807, 2.05) is 6.07 Å². The fraction of sp³-hybridized carbons (Fsp3) is 0.667. The van der Waals surface area contributed by atoms with Gasteiger partial charge < -0.3 is 20.1 Å². The van der Waals surface area contributed by atoms with Crippen molar-refractivity contribution in [2.45, 2.75) is 38.3 Å². The van der Waals surface area contributed by atoms with Crippen molar-refractivity contribution in [3.8, 4) is 0 Å². The Morgan fingerprint density at radius 3 is 3.24 bits per heavy atom. The first-order chi connectivity index (χ1) is 10.2. The Bertz CT molecular complexity index is 423. The van der Waals surface area contributed by atoms with Crippen molar-refractivity contribution in [3.05, 3.63) is 22.4 Å². The molecule has 1 saturated heterocycles. The summed E-state index contributed by atoms with van der Waals surface area (Å²) in [6, 6.07) is 4.09. The van der Waals surface area contributed by atoms with E-state index in [0.29, 0.717) is 32.7 Å². The summed E-state index contributed by atoms with van der Waals surface area (Å²) in [5.74, 6) is 0. The molecule has 0 saturated carbocycles. The van der Waals surface area contributed by atoms with Crippen LogP contribution in [0.25, 0.3) is 0 Å². The van der Waals surface area contributed by atoms with Crippen LogP contribution in [0.5, 0.6) is 0 Å². The predicted molar refractivity (Wildman–Crippen MR) is 83.6 cm³/mol. The molecule has 0 spiro atoms. The number of urea groups is 1. The topological polar surface area (TPSA) is 61.8 Å². The van der Waals surface area contributed by atoms with Crippen LogP contribution in [0, 0.1) is 0 Å². The standard InChI is InChI=1S/C15H24N2O3S/c1-12(18)10-13-11-20-8-7-17(13)15(19)16-6-2-4-14-5-3-9-21-14/h3,5,9,12-13,18H,2,4,6-8,10-11H2,1H3,(H,16,19)/t12-,13+/m0/s1. The summed E-state index contributed by atoms with van der Waals surface area (Å²) in [7, 11) is 0. The molecule has 0 aromatic carbocycles. The smallest absolute Gasteiger partial charge is 0.317 e. The van der Waals surface area contributed by atoms with Crippen molar-refractivity contribution in [2.75, 3.05) is 26.3 Å². The van der Waals surface area contributed by atoms with Gasteiger partial charge in [-0.2, -0.15) is 0 Å². The summed E-state index contributed by atoms with van der Waals surface area (Å²) in [4.78, 5) is 15.4. The molecule has 0 radical (unpaired) electrons. The quantitative estimate of drug-likeness (QED) is 0.788. The van der Waals surface area contributed by atoms with E-state index in [0.717, 1.165) is 12.8 Å². The first kappa shape index (κ1) is 16.3. The van der Waals surface area contributed by atoms with Crippen LogP contribution in [0.1, 0.15) is 24.6 Å².